The van der Waals surface area contributed by atoms with E-state index in [2.05, 4.69) is 16.3 Å². The molecule has 3 rings (SSSR count). The summed E-state index contributed by atoms with van der Waals surface area (Å²) in [6.07, 6.45) is 11.7. The fraction of sp³-hybridized carbons (Fsp3) is 0.538. The minimum absolute atomic E-state index is 0.832. The molecule has 0 aromatic heterocycles. The lowest BCUT2D eigenvalue weighted by Crippen LogP contribution is -2.52. The molecule has 0 bridgehead atoms. The van der Waals surface area contributed by atoms with Crippen molar-refractivity contribution in [1.82, 2.24) is 10.2 Å². The predicted molar refractivity (Wildman–Crippen MR) is 63.7 cm³/mol. The van der Waals surface area contributed by atoms with Gasteiger partial charge >= 0.3 is 0 Å². The van der Waals surface area contributed by atoms with Gasteiger partial charge in [0.1, 0.15) is 0 Å². The monoisotopic (exact) mass is 218 g/mol. The second-order valence-corrected chi connectivity index (χ2v) is 4.71. The summed E-state index contributed by atoms with van der Waals surface area (Å²) in [5, 5.41) is 14.1. The highest BCUT2D eigenvalue weighted by Gasteiger charge is 2.40. The number of rotatable bonds is 1. The molecular weight excluding hydrogens is 200 g/mol. The van der Waals surface area contributed by atoms with Gasteiger partial charge in [-0.05, 0) is 25.0 Å². The van der Waals surface area contributed by atoms with Crippen LogP contribution in [-0.2, 0) is 0 Å². The molecule has 2 N–H and O–H groups in total. The number of likely N-dealkylation sites (tertiary alicyclic amines) is 1. The van der Waals surface area contributed by atoms with Gasteiger partial charge < -0.3 is 10.4 Å². The van der Waals surface area contributed by atoms with Crippen molar-refractivity contribution in [3.8, 4) is 0 Å². The van der Waals surface area contributed by atoms with Crippen LogP contribution in [0.25, 0.3) is 0 Å². The molecule has 86 valence electrons. The van der Waals surface area contributed by atoms with Crippen LogP contribution in [0.1, 0.15) is 19.3 Å². The number of hydrogen-bond acceptors (Lipinski definition) is 3. The van der Waals surface area contributed by atoms with Crippen LogP contribution in [0.2, 0.25) is 0 Å². The summed E-state index contributed by atoms with van der Waals surface area (Å²) in [5.41, 5.74) is 1.25. The molecule has 1 fully saturated rings. The standard InChI is InChI=1S/C13H18N2O/c16-13(15-9-2-1-3-10-15)7-4-5-12-11(13)6-8-14-12/h4-7,14,16H,1-3,8-10H2. The fourth-order valence-electron chi connectivity index (χ4n) is 2.84. The third-order valence-corrected chi connectivity index (χ3v) is 3.71. The Labute approximate surface area is 96.1 Å². The van der Waals surface area contributed by atoms with Crippen molar-refractivity contribution in [2.75, 3.05) is 19.6 Å². The highest BCUT2D eigenvalue weighted by Crippen LogP contribution is 2.35. The maximum Gasteiger partial charge on any atom is 0.166 e. The highest BCUT2D eigenvalue weighted by atomic mass is 16.3. The van der Waals surface area contributed by atoms with E-state index in [-0.39, 0.29) is 0 Å². The van der Waals surface area contributed by atoms with Crippen LogP contribution < -0.4 is 5.32 Å². The van der Waals surface area contributed by atoms with E-state index in [9.17, 15) is 5.11 Å². The zero-order valence-corrected chi connectivity index (χ0v) is 9.45. The maximum absolute atomic E-state index is 10.9. The Balaban J connectivity index is 1.91. The van der Waals surface area contributed by atoms with Crippen LogP contribution in [0.3, 0.4) is 0 Å². The lowest BCUT2D eigenvalue weighted by atomic mass is 9.92. The molecule has 3 heteroatoms. The molecule has 0 saturated carbocycles. The first kappa shape index (κ1) is 10.1. The molecular formula is C13H18N2O. The molecule has 2 heterocycles. The molecule has 3 aliphatic rings. The van der Waals surface area contributed by atoms with Crippen molar-refractivity contribution in [3.63, 3.8) is 0 Å². The minimum Gasteiger partial charge on any atom is -0.381 e. The summed E-state index contributed by atoms with van der Waals surface area (Å²) in [6, 6.07) is 0. The molecule has 1 unspecified atom stereocenters. The van der Waals surface area contributed by atoms with Crippen LogP contribution >= 0.6 is 0 Å². The molecule has 1 aliphatic carbocycles. The molecule has 16 heavy (non-hydrogen) atoms. The van der Waals surface area contributed by atoms with Crippen molar-refractivity contribution in [2.45, 2.75) is 25.0 Å². The first-order valence-electron chi connectivity index (χ1n) is 6.12. The predicted octanol–water partition coefficient (Wildman–Crippen LogP) is 1.14. The molecule has 0 aromatic carbocycles. The average molecular weight is 218 g/mol. The van der Waals surface area contributed by atoms with Crippen LogP contribution in [0, 0.1) is 0 Å². The first-order valence-corrected chi connectivity index (χ1v) is 6.12. The second-order valence-electron chi connectivity index (χ2n) is 4.71. The fourth-order valence-corrected chi connectivity index (χ4v) is 2.84. The molecule has 1 atom stereocenters. The summed E-state index contributed by atoms with van der Waals surface area (Å²) >= 11 is 0. The number of aliphatic hydroxyl groups is 1. The lowest BCUT2D eigenvalue weighted by molar-refractivity contribution is -0.0459. The Morgan fingerprint density at radius 2 is 2.06 bits per heavy atom. The highest BCUT2D eigenvalue weighted by molar-refractivity contribution is 5.49. The Hall–Kier alpha value is -1.06. The summed E-state index contributed by atoms with van der Waals surface area (Å²) in [7, 11) is 0. The van der Waals surface area contributed by atoms with Crippen molar-refractivity contribution >= 4 is 0 Å². The number of hydrogen-bond donors (Lipinski definition) is 2. The normalized spacial score (nSPS) is 34.1. The Kier molecular flexibility index (Phi) is 2.37. The van der Waals surface area contributed by atoms with Gasteiger partial charge in [-0.2, -0.15) is 0 Å². The topological polar surface area (TPSA) is 35.5 Å². The Morgan fingerprint density at radius 1 is 1.25 bits per heavy atom. The van der Waals surface area contributed by atoms with Gasteiger partial charge in [0.2, 0.25) is 0 Å². The molecule has 3 nitrogen and oxygen atoms in total. The number of allylic oxidation sites excluding steroid dienone is 2. The number of nitrogens with one attached hydrogen (secondary N) is 1. The largest absolute Gasteiger partial charge is 0.381 e. The number of piperidine rings is 1. The Bertz CT molecular complexity index is 377. The first-order chi connectivity index (χ1) is 7.81. The van der Waals surface area contributed by atoms with E-state index in [4.69, 9.17) is 0 Å². The molecule has 0 spiro atoms. The quantitative estimate of drug-likeness (QED) is 0.693. The summed E-state index contributed by atoms with van der Waals surface area (Å²) in [5.74, 6) is 0. The van der Waals surface area contributed by atoms with Crippen LogP contribution in [0.15, 0.2) is 35.6 Å². The number of fused-ring (bicyclic) bond motifs is 1. The summed E-state index contributed by atoms with van der Waals surface area (Å²) in [4.78, 5) is 2.19. The van der Waals surface area contributed by atoms with Crippen LogP contribution in [0.5, 0.6) is 0 Å². The number of nitrogens with zero attached hydrogens (tertiary/aromatic N) is 1. The van der Waals surface area contributed by atoms with Gasteiger partial charge in [0.25, 0.3) is 0 Å². The van der Waals surface area contributed by atoms with Gasteiger partial charge in [-0.15, -0.1) is 0 Å². The lowest BCUT2D eigenvalue weighted by Gasteiger charge is -2.42. The zero-order chi connectivity index (χ0) is 11.0. The van der Waals surface area contributed by atoms with E-state index < -0.39 is 5.72 Å². The zero-order valence-electron chi connectivity index (χ0n) is 9.45. The van der Waals surface area contributed by atoms with Crippen molar-refractivity contribution < 1.29 is 5.11 Å². The van der Waals surface area contributed by atoms with Gasteiger partial charge in [-0.3, -0.25) is 4.90 Å². The Morgan fingerprint density at radius 3 is 2.88 bits per heavy atom. The summed E-state index contributed by atoms with van der Waals surface area (Å²) < 4.78 is 0. The molecule has 2 aliphatic heterocycles. The summed E-state index contributed by atoms with van der Waals surface area (Å²) in [6.45, 7) is 2.82. The SMILES string of the molecule is OC1(N2CCCCC2)C=CC=C2NCC=C21. The molecule has 0 amide bonds. The third-order valence-electron chi connectivity index (χ3n) is 3.71. The van der Waals surface area contributed by atoms with Crippen molar-refractivity contribution in [1.29, 1.82) is 0 Å². The smallest absolute Gasteiger partial charge is 0.166 e. The molecule has 0 radical (unpaired) electrons. The van der Waals surface area contributed by atoms with E-state index in [0.717, 1.165) is 30.9 Å². The van der Waals surface area contributed by atoms with Gasteiger partial charge in [0.05, 0.1) is 0 Å². The van der Waals surface area contributed by atoms with Gasteiger partial charge in [0, 0.05) is 30.9 Å². The minimum atomic E-state index is -0.867. The molecule has 0 aromatic rings. The van der Waals surface area contributed by atoms with E-state index in [1.807, 2.05) is 18.2 Å². The van der Waals surface area contributed by atoms with Gasteiger partial charge in [-0.1, -0.05) is 18.6 Å². The van der Waals surface area contributed by atoms with Gasteiger partial charge in [0.15, 0.2) is 5.72 Å². The van der Waals surface area contributed by atoms with Crippen LogP contribution in [0.4, 0.5) is 0 Å². The van der Waals surface area contributed by atoms with E-state index in [1.165, 1.54) is 19.3 Å². The molecule has 1 saturated heterocycles. The second kappa shape index (κ2) is 3.75. The average Bonchev–Trinajstić information content (AvgIpc) is 2.80. The van der Waals surface area contributed by atoms with Crippen molar-refractivity contribution in [3.05, 3.63) is 35.6 Å². The van der Waals surface area contributed by atoms with E-state index >= 15 is 0 Å². The third kappa shape index (κ3) is 1.43. The van der Waals surface area contributed by atoms with E-state index in [0.29, 0.717) is 0 Å². The maximum atomic E-state index is 10.9. The van der Waals surface area contributed by atoms with Gasteiger partial charge in [-0.25, -0.2) is 0 Å². The van der Waals surface area contributed by atoms with Crippen molar-refractivity contribution in [2.24, 2.45) is 0 Å². The van der Waals surface area contributed by atoms with Crippen LogP contribution in [-0.4, -0.2) is 35.4 Å². The van der Waals surface area contributed by atoms with E-state index in [1.54, 1.807) is 0 Å².